The van der Waals surface area contributed by atoms with Crippen molar-refractivity contribution in [3.8, 4) is 0 Å². The van der Waals surface area contributed by atoms with Gasteiger partial charge in [0.2, 0.25) is 0 Å². The molecular formula is C22H28O3S. The number of rotatable bonds is 11. The van der Waals surface area contributed by atoms with Gasteiger partial charge >= 0.3 is 0 Å². The smallest absolute Gasteiger partial charge is 0.0839 e. The normalized spacial score (nSPS) is 13.8. The fraction of sp³-hybridized carbons (Fsp3) is 0.364. The number of ether oxygens (including phenoxy) is 1. The molecule has 3 nitrogen and oxygen atoms in total. The maximum atomic E-state index is 12.2. The zero-order valence-corrected chi connectivity index (χ0v) is 16.2. The number of hydrogen-bond acceptors (Lipinski definition) is 3. The number of benzene rings is 2. The van der Waals surface area contributed by atoms with Crippen molar-refractivity contribution in [1.29, 1.82) is 0 Å². The van der Waals surface area contributed by atoms with E-state index in [0.29, 0.717) is 6.61 Å². The molecule has 0 amide bonds. The molecule has 2 aromatic carbocycles. The highest BCUT2D eigenvalue weighted by Gasteiger charge is 2.08. The summed E-state index contributed by atoms with van der Waals surface area (Å²) in [6.45, 7) is 3.39. The van der Waals surface area contributed by atoms with Crippen molar-refractivity contribution in [3.05, 3.63) is 77.9 Å². The molecule has 26 heavy (non-hydrogen) atoms. The Hall–Kier alpha value is -1.75. The minimum atomic E-state index is -1.17. The zero-order chi connectivity index (χ0) is 18.6. The summed E-state index contributed by atoms with van der Waals surface area (Å²) in [5.74, 6) is 0.236. The van der Waals surface area contributed by atoms with Crippen LogP contribution in [0.3, 0.4) is 0 Å². The summed E-state index contributed by atoms with van der Waals surface area (Å²) in [5, 5.41) is 10.00. The van der Waals surface area contributed by atoms with E-state index in [0.717, 1.165) is 36.3 Å². The minimum absolute atomic E-state index is 0.236. The second kappa shape index (κ2) is 11.8. The second-order valence-electron chi connectivity index (χ2n) is 6.35. The fourth-order valence-electron chi connectivity index (χ4n) is 2.48. The molecule has 1 N–H and O–H groups in total. The molecular weight excluding hydrogens is 344 g/mol. The lowest BCUT2D eigenvalue weighted by Crippen LogP contribution is -2.14. The van der Waals surface area contributed by atoms with E-state index in [-0.39, 0.29) is 5.75 Å². The Bertz CT molecular complexity index is 680. The van der Waals surface area contributed by atoms with Gasteiger partial charge in [-0.3, -0.25) is 4.21 Å². The van der Waals surface area contributed by atoms with E-state index in [4.69, 9.17) is 4.74 Å². The highest BCUT2D eigenvalue weighted by Crippen LogP contribution is 2.10. The van der Waals surface area contributed by atoms with Crippen LogP contribution in [0.25, 0.3) is 0 Å². The lowest BCUT2D eigenvalue weighted by atomic mass is 10.2. The van der Waals surface area contributed by atoms with E-state index in [9.17, 15) is 9.32 Å². The molecule has 0 aliphatic carbocycles. The van der Waals surface area contributed by atoms with Crippen LogP contribution in [0, 0.1) is 6.92 Å². The Morgan fingerprint density at radius 2 is 1.81 bits per heavy atom. The third-order valence-electron chi connectivity index (χ3n) is 3.99. The number of allylic oxidation sites excluding steroid dienone is 1. The van der Waals surface area contributed by atoms with E-state index < -0.39 is 16.9 Å². The molecule has 2 atom stereocenters. The van der Waals surface area contributed by atoms with Crippen LogP contribution in [-0.4, -0.2) is 27.8 Å². The molecule has 4 heteroatoms. The van der Waals surface area contributed by atoms with Gasteiger partial charge < -0.3 is 9.84 Å². The lowest BCUT2D eigenvalue weighted by molar-refractivity contribution is 0.117. The molecule has 0 fully saturated rings. The first-order valence-corrected chi connectivity index (χ1v) is 10.4. The molecule has 0 spiro atoms. The van der Waals surface area contributed by atoms with Gasteiger partial charge in [-0.2, -0.15) is 0 Å². The summed E-state index contributed by atoms with van der Waals surface area (Å²) in [6.07, 6.45) is 5.93. The molecule has 0 radical (unpaired) electrons. The highest BCUT2D eigenvalue weighted by atomic mass is 32.2. The standard InChI is InChI=1S/C22H28O3S/c1-19-12-14-22(15-13-19)26(24)18-21(23)11-7-2-3-8-16-25-17-20-9-5-4-6-10-20/h4-7,9-15,21,23H,2-3,8,16-18H2,1H3/b11-7+/t21-,26?/m1/s1. The predicted molar refractivity (Wildman–Crippen MR) is 108 cm³/mol. The molecule has 1 unspecified atom stereocenters. The van der Waals surface area contributed by atoms with Crippen molar-refractivity contribution < 1.29 is 14.1 Å². The molecule has 0 aliphatic rings. The summed E-state index contributed by atoms with van der Waals surface area (Å²) >= 11 is 0. The first-order valence-electron chi connectivity index (χ1n) is 9.06. The van der Waals surface area contributed by atoms with Crippen LogP contribution < -0.4 is 0 Å². The summed E-state index contributed by atoms with van der Waals surface area (Å²) in [7, 11) is -1.17. The Morgan fingerprint density at radius 1 is 1.08 bits per heavy atom. The number of hydrogen-bond donors (Lipinski definition) is 1. The van der Waals surface area contributed by atoms with Crippen LogP contribution in [0.4, 0.5) is 0 Å². The van der Waals surface area contributed by atoms with Gasteiger partial charge in [-0.25, -0.2) is 0 Å². The first kappa shape index (κ1) is 20.6. The van der Waals surface area contributed by atoms with Crippen molar-refractivity contribution in [2.75, 3.05) is 12.4 Å². The van der Waals surface area contributed by atoms with Gasteiger partial charge in [0.25, 0.3) is 0 Å². The van der Waals surface area contributed by atoms with Crippen molar-refractivity contribution in [3.63, 3.8) is 0 Å². The quantitative estimate of drug-likeness (QED) is 0.469. The van der Waals surface area contributed by atoms with Gasteiger partial charge in [0.05, 0.1) is 29.3 Å². The van der Waals surface area contributed by atoms with Gasteiger partial charge in [-0.15, -0.1) is 0 Å². The number of aliphatic hydroxyl groups excluding tert-OH is 1. The Labute approximate surface area is 159 Å². The van der Waals surface area contributed by atoms with E-state index in [1.54, 1.807) is 6.08 Å². The summed E-state index contributed by atoms with van der Waals surface area (Å²) in [4.78, 5) is 0.763. The molecule has 0 heterocycles. The molecule has 2 aromatic rings. The van der Waals surface area contributed by atoms with Crippen LogP contribution in [0.15, 0.2) is 71.6 Å². The van der Waals surface area contributed by atoms with Gasteiger partial charge in [-0.1, -0.05) is 60.2 Å². The van der Waals surface area contributed by atoms with Gasteiger partial charge in [0.1, 0.15) is 0 Å². The Kier molecular flexibility index (Phi) is 9.32. The highest BCUT2D eigenvalue weighted by molar-refractivity contribution is 7.85. The van der Waals surface area contributed by atoms with Crippen LogP contribution in [0.2, 0.25) is 0 Å². The molecule has 0 bridgehead atoms. The lowest BCUT2D eigenvalue weighted by Gasteiger charge is -2.06. The van der Waals surface area contributed by atoms with Crippen molar-refractivity contribution in [1.82, 2.24) is 0 Å². The Balaban J connectivity index is 1.55. The molecule has 0 saturated carbocycles. The van der Waals surface area contributed by atoms with Gasteiger partial charge in [0.15, 0.2) is 0 Å². The van der Waals surface area contributed by atoms with Crippen LogP contribution in [-0.2, 0) is 22.1 Å². The summed E-state index contributed by atoms with van der Waals surface area (Å²) < 4.78 is 17.8. The monoisotopic (exact) mass is 372 g/mol. The number of aliphatic hydroxyl groups is 1. The molecule has 140 valence electrons. The predicted octanol–water partition coefficient (Wildman–Crippen LogP) is 4.41. The van der Waals surface area contributed by atoms with Crippen LogP contribution in [0.1, 0.15) is 30.4 Å². The number of aryl methyl sites for hydroxylation is 1. The van der Waals surface area contributed by atoms with Crippen molar-refractivity contribution in [2.24, 2.45) is 0 Å². The van der Waals surface area contributed by atoms with Crippen molar-refractivity contribution in [2.45, 2.75) is 43.8 Å². The van der Waals surface area contributed by atoms with Crippen molar-refractivity contribution >= 4 is 10.8 Å². The molecule has 0 saturated heterocycles. The average Bonchev–Trinajstić information content (AvgIpc) is 2.65. The SMILES string of the molecule is Cc1ccc(S(=O)C[C@H](O)/C=C/CCCCOCc2ccccc2)cc1. The third kappa shape index (κ3) is 8.09. The zero-order valence-electron chi connectivity index (χ0n) is 15.3. The van der Waals surface area contributed by atoms with Gasteiger partial charge in [-0.05, 0) is 43.9 Å². The first-order chi connectivity index (χ1) is 12.6. The largest absolute Gasteiger partial charge is 0.388 e. The topological polar surface area (TPSA) is 46.5 Å². The summed E-state index contributed by atoms with van der Waals surface area (Å²) in [5.41, 5.74) is 2.33. The van der Waals surface area contributed by atoms with E-state index in [2.05, 4.69) is 12.1 Å². The minimum Gasteiger partial charge on any atom is -0.388 e. The Morgan fingerprint density at radius 3 is 2.54 bits per heavy atom. The second-order valence-corrected chi connectivity index (χ2v) is 7.85. The maximum absolute atomic E-state index is 12.2. The van der Waals surface area contributed by atoms with Crippen LogP contribution >= 0.6 is 0 Å². The average molecular weight is 373 g/mol. The molecule has 0 aliphatic heterocycles. The number of unbranched alkanes of at least 4 members (excludes halogenated alkanes) is 2. The van der Waals surface area contributed by atoms with E-state index in [1.807, 2.05) is 55.5 Å². The van der Waals surface area contributed by atoms with E-state index >= 15 is 0 Å². The van der Waals surface area contributed by atoms with E-state index in [1.165, 1.54) is 5.56 Å². The maximum Gasteiger partial charge on any atom is 0.0839 e. The third-order valence-corrected chi connectivity index (χ3v) is 5.43. The van der Waals surface area contributed by atoms with Crippen LogP contribution in [0.5, 0.6) is 0 Å². The molecule has 2 rings (SSSR count). The summed E-state index contributed by atoms with van der Waals surface area (Å²) in [6, 6.07) is 17.7. The fourth-order valence-corrected chi connectivity index (χ4v) is 3.53. The van der Waals surface area contributed by atoms with Gasteiger partial charge in [0, 0.05) is 11.5 Å². The molecule has 0 aromatic heterocycles.